The predicted octanol–water partition coefficient (Wildman–Crippen LogP) is 4.49. The van der Waals surface area contributed by atoms with Crippen LogP contribution >= 0.6 is 11.8 Å². The number of carbonyl (C=O) groups is 1. The molecule has 2 aromatic carbocycles. The molecule has 0 aromatic heterocycles. The number of hydrogen-bond donors (Lipinski definition) is 1. The first-order valence-corrected chi connectivity index (χ1v) is 11.6. The number of hydrogen-bond acceptors (Lipinski definition) is 6. The van der Waals surface area contributed by atoms with Gasteiger partial charge in [-0.05, 0) is 55.3 Å². The highest BCUT2D eigenvalue weighted by Gasteiger charge is 2.24. The van der Waals surface area contributed by atoms with Crippen molar-refractivity contribution in [3.8, 4) is 5.75 Å². The molecule has 1 aliphatic rings. The number of methoxy groups -OCH3 is 1. The van der Waals surface area contributed by atoms with E-state index in [1.54, 1.807) is 0 Å². The van der Waals surface area contributed by atoms with Crippen molar-refractivity contribution in [2.75, 3.05) is 26.5 Å². The van der Waals surface area contributed by atoms with Crippen LogP contribution in [0.5, 0.6) is 5.75 Å². The van der Waals surface area contributed by atoms with E-state index < -0.39 is 10.8 Å². The number of rotatable bonds is 8. The summed E-state index contributed by atoms with van der Waals surface area (Å²) in [6.07, 6.45) is 4.29. The van der Waals surface area contributed by atoms with E-state index in [9.17, 15) is 14.9 Å². The zero-order valence-electron chi connectivity index (χ0n) is 18.2. The van der Waals surface area contributed by atoms with Crippen LogP contribution in [-0.2, 0) is 13.1 Å². The Labute approximate surface area is 187 Å². The number of nitrogens with one attached hydrogen (secondary N) is 1. The molecule has 0 atom stereocenters. The summed E-state index contributed by atoms with van der Waals surface area (Å²) in [7, 11) is 1.45. The molecule has 0 aliphatic carbocycles. The maximum Gasteiger partial charge on any atom is 0.285 e. The molecule has 1 heterocycles. The Morgan fingerprint density at radius 2 is 1.97 bits per heavy atom. The van der Waals surface area contributed by atoms with E-state index in [4.69, 9.17) is 4.74 Å². The Morgan fingerprint density at radius 1 is 1.26 bits per heavy atom. The quantitative estimate of drug-likeness (QED) is 0.368. The van der Waals surface area contributed by atoms with Gasteiger partial charge in [0.05, 0.1) is 23.0 Å². The molecule has 3 rings (SSSR count). The normalized spacial score (nSPS) is 14.9. The van der Waals surface area contributed by atoms with Crippen molar-refractivity contribution in [2.45, 2.75) is 37.8 Å². The summed E-state index contributed by atoms with van der Waals surface area (Å²) in [5.74, 6) is 0.710. The van der Waals surface area contributed by atoms with E-state index in [1.807, 2.05) is 18.4 Å². The van der Waals surface area contributed by atoms with E-state index in [0.29, 0.717) is 17.2 Å². The number of nitro groups is 1. The van der Waals surface area contributed by atoms with Gasteiger partial charge >= 0.3 is 0 Å². The number of benzene rings is 2. The molecular formula is C23H29N3O4S. The molecule has 1 saturated heterocycles. The fourth-order valence-corrected chi connectivity index (χ4v) is 4.37. The maximum atomic E-state index is 12.8. The van der Waals surface area contributed by atoms with Crippen LogP contribution in [0.3, 0.4) is 0 Å². The molecule has 166 valence electrons. The summed E-state index contributed by atoms with van der Waals surface area (Å²) >= 11 is 1.37. The number of piperidine rings is 1. The maximum absolute atomic E-state index is 12.8. The van der Waals surface area contributed by atoms with Crippen molar-refractivity contribution in [2.24, 2.45) is 5.92 Å². The number of amides is 1. The molecule has 7 nitrogen and oxygen atoms in total. The number of ether oxygens (including phenoxy) is 1. The Morgan fingerprint density at radius 3 is 2.61 bits per heavy atom. The second-order valence-corrected chi connectivity index (χ2v) is 8.79. The van der Waals surface area contributed by atoms with E-state index in [0.717, 1.165) is 31.1 Å². The molecular weight excluding hydrogens is 414 g/mol. The fourth-order valence-electron chi connectivity index (χ4n) is 3.80. The second-order valence-electron chi connectivity index (χ2n) is 7.94. The highest BCUT2D eigenvalue weighted by Crippen LogP contribution is 2.34. The molecule has 0 spiro atoms. The lowest BCUT2D eigenvalue weighted by atomic mass is 9.98. The first kappa shape index (κ1) is 23.1. The summed E-state index contributed by atoms with van der Waals surface area (Å²) in [6.45, 7) is 5.73. The fraction of sp³-hybridized carbons (Fsp3) is 0.435. The lowest BCUT2D eigenvalue weighted by molar-refractivity contribution is -0.385. The van der Waals surface area contributed by atoms with Crippen LogP contribution in [0.15, 0.2) is 41.3 Å². The van der Waals surface area contributed by atoms with Crippen LogP contribution in [-0.4, -0.2) is 42.2 Å². The van der Waals surface area contributed by atoms with E-state index in [-0.39, 0.29) is 11.3 Å². The molecule has 0 unspecified atom stereocenters. The molecule has 1 amide bonds. The minimum Gasteiger partial charge on any atom is -0.495 e. The molecule has 0 saturated carbocycles. The van der Waals surface area contributed by atoms with Crippen molar-refractivity contribution >= 4 is 23.4 Å². The minimum absolute atomic E-state index is 0.0359. The van der Waals surface area contributed by atoms with Gasteiger partial charge in [-0.25, -0.2) is 0 Å². The predicted molar refractivity (Wildman–Crippen MR) is 123 cm³/mol. The van der Waals surface area contributed by atoms with Crippen LogP contribution in [0.25, 0.3) is 0 Å². The van der Waals surface area contributed by atoms with Crippen molar-refractivity contribution < 1.29 is 14.5 Å². The largest absolute Gasteiger partial charge is 0.495 e. The summed E-state index contributed by atoms with van der Waals surface area (Å²) in [5.41, 5.74) is 1.95. The van der Waals surface area contributed by atoms with Crippen LogP contribution in [0.2, 0.25) is 0 Å². The van der Waals surface area contributed by atoms with Crippen molar-refractivity contribution in [1.82, 2.24) is 10.2 Å². The third-order valence-corrected chi connectivity index (χ3v) is 6.43. The van der Waals surface area contributed by atoms with Gasteiger partial charge in [-0.2, -0.15) is 0 Å². The lowest BCUT2D eigenvalue weighted by Crippen LogP contribution is -2.32. The average molecular weight is 444 g/mol. The summed E-state index contributed by atoms with van der Waals surface area (Å²) in [5, 5.41) is 14.3. The van der Waals surface area contributed by atoms with Gasteiger partial charge < -0.3 is 10.1 Å². The van der Waals surface area contributed by atoms with Gasteiger partial charge in [0.15, 0.2) is 0 Å². The molecule has 31 heavy (non-hydrogen) atoms. The summed E-state index contributed by atoms with van der Waals surface area (Å²) < 4.78 is 5.21. The molecule has 2 aromatic rings. The Balaban J connectivity index is 1.69. The zero-order chi connectivity index (χ0) is 22.4. The lowest BCUT2D eigenvalue weighted by Gasteiger charge is -2.30. The van der Waals surface area contributed by atoms with Gasteiger partial charge in [0.25, 0.3) is 11.6 Å². The molecule has 1 fully saturated rings. The van der Waals surface area contributed by atoms with Gasteiger partial charge in [0, 0.05) is 13.1 Å². The number of nitro benzene ring substituents is 1. The summed E-state index contributed by atoms with van der Waals surface area (Å²) in [6, 6.07) is 11.0. The van der Waals surface area contributed by atoms with Gasteiger partial charge in [-0.15, -0.1) is 11.8 Å². The highest BCUT2D eigenvalue weighted by molar-refractivity contribution is 7.98. The third-order valence-electron chi connectivity index (χ3n) is 5.67. The van der Waals surface area contributed by atoms with E-state index in [1.165, 1.54) is 49.4 Å². The standard InChI is InChI=1S/C23H29N3O4S/c1-16-7-9-25(10-8-16)15-18-6-4-5-17(11-18)14-24-23(27)19-12-22(31-3)21(30-2)13-20(19)26(28)29/h4-6,11-13,16H,7-10,14-15H2,1-3H3,(H,24,27). The second kappa shape index (κ2) is 10.6. The monoisotopic (exact) mass is 443 g/mol. The van der Waals surface area contributed by atoms with Crippen molar-refractivity contribution in [1.29, 1.82) is 0 Å². The Hall–Kier alpha value is -2.58. The molecule has 1 aliphatic heterocycles. The van der Waals surface area contributed by atoms with Crippen LogP contribution in [0, 0.1) is 16.0 Å². The minimum atomic E-state index is -0.554. The SMILES string of the molecule is COc1cc([N+](=O)[O-])c(C(=O)NCc2cccc(CN3CCC(C)CC3)c2)cc1SC. The highest BCUT2D eigenvalue weighted by atomic mass is 32.2. The van der Waals surface area contributed by atoms with Gasteiger partial charge in [-0.3, -0.25) is 19.8 Å². The van der Waals surface area contributed by atoms with Gasteiger partial charge in [-0.1, -0.05) is 31.2 Å². The third kappa shape index (κ3) is 5.98. The number of carbonyl (C=O) groups excluding carboxylic acids is 1. The van der Waals surface area contributed by atoms with Crippen LogP contribution in [0.1, 0.15) is 41.3 Å². The van der Waals surface area contributed by atoms with Crippen LogP contribution < -0.4 is 10.1 Å². The van der Waals surface area contributed by atoms with Gasteiger partial charge in [0.1, 0.15) is 11.3 Å². The first-order valence-electron chi connectivity index (χ1n) is 10.4. The molecule has 0 radical (unpaired) electrons. The number of thioether (sulfide) groups is 1. The Kier molecular flexibility index (Phi) is 7.92. The number of nitrogens with zero attached hydrogens (tertiary/aromatic N) is 2. The van der Waals surface area contributed by atoms with E-state index in [2.05, 4.69) is 29.3 Å². The molecule has 1 N–H and O–H groups in total. The first-order chi connectivity index (χ1) is 14.9. The smallest absolute Gasteiger partial charge is 0.285 e. The zero-order valence-corrected chi connectivity index (χ0v) is 19.0. The number of likely N-dealkylation sites (tertiary alicyclic amines) is 1. The topological polar surface area (TPSA) is 84.7 Å². The Bertz CT molecular complexity index is 942. The summed E-state index contributed by atoms with van der Waals surface area (Å²) in [4.78, 5) is 26.8. The average Bonchev–Trinajstić information content (AvgIpc) is 2.78. The van der Waals surface area contributed by atoms with Crippen molar-refractivity contribution in [3.05, 3.63) is 63.2 Å². The molecule has 0 bridgehead atoms. The van der Waals surface area contributed by atoms with Crippen molar-refractivity contribution in [3.63, 3.8) is 0 Å². The van der Waals surface area contributed by atoms with Crippen LogP contribution in [0.4, 0.5) is 5.69 Å². The molecule has 8 heteroatoms. The van der Waals surface area contributed by atoms with E-state index >= 15 is 0 Å². The van der Waals surface area contributed by atoms with Gasteiger partial charge in [0.2, 0.25) is 0 Å².